The van der Waals surface area contributed by atoms with Crippen molar-refractivity contribution >= 4 is 17.7 Å². The molecule has 0 aromatic carbocycles. The van der Waals surface area contributed by atoms with E-state index in [1.807, 2.05) is 11.8 Å². The summed E-state index contributed by atoms with van der Waals surface area (Å²) in [6.07, 6.45) is 4.82. The topological polar surface area (TPSA) is 49.3 Å². The van der Waals surface area contributed by atoms with Gasteiger partial charge in [-0.25, -0.2) is 0 Å². The molecule has 4 heteroatoms. The van der Waals surface area contributed by atoms with Crippen LogP contribution in [0.15, 0.2) is 0 Å². The number of carbonyl (C=O) groups excluding carboxylic acids is 1. The van der Waals surface area contributed by atoms with E-state index in [1.54, 1.807) is 0 Å². The Balaban J connectivity index is 2.19. The van der Waals surface area contributed by atoms with E-state index >= 15 is 0 Å². The Morgan fingerprint density at radius 2 is 2.06 bits per heavy atom. The first-order valence-electron chi connectivity index (χ1n) is 6.99. The van der Waals surface area contributed by atoms with Crippen LogP contribution in [0.1, 0.15) is 46.0 Å². The lowest BCUT2D eigenvalue weighted by Crippen LogP contribution is -2.35. The summed E-state index contributed by atoms with van der Waals surface area (Å²) in [7, 11) is 0. The van der Waals surface area contributed by atoms with Gasteiger partial charge >= 0.3 is 0 Å². The van der Waals surface area contributed by atoms with E-state index in [1.165, 1.54) is 24.3 Å². The molecular formula is C14H27NO2S. The number of aliphatic hydroxyl groups excluding tert-OH is 1. The fraction of sp³-hybridized carbons (Fsp3) is 0.929. The molecule has 0 atom stereocenters. The Morgan fingerprint density at radius 1 is 1.39 bits per heavy atom. The Hall–Kier alpha value is -0.220. The summed E-state index contributed by atoms with van der Waals surface area (Å²) in [5, 5.41) is 11.9. The summed E-state index contributed by atoms with van der Waals surface area (Å²) in [5.41, 5.74) is 0.0841. The molecule has 0 aromatic rings. The summed E-state index contributed by atoms with van der Waals surface area (Å²) < 4.78 is 0. The minimum absolute atomic E-state index is 0.0841. The average Bonchev–Trinajstić information content (AvgIpc) is 2.36. The molecule has 1 saturated heterocycles. The molecule has 1 heterocycles. The van der Waals surface area contributed by atoms with Crippen LogP contribution in [0.5, 0.6) is 0 Å². The Kier molecular flexibility index (Phi) is 7.08. The quantitative estimate of drug-likeness (QED) is 0.749. The summed E-state index contributed by atoms with van der Waals surface area (Å²) in [6, 6.07) is 0. The van der Waals surface area contributed by atoms with E-state index in [0.29, 0.717) is 18.9 Å². The number of amides is 1. The van der Waals surface area contributed by atoms with Crippen LogP contribution in [0, 0.1) is 11.3 Å². The van der Waals surface area contributed by atoms with Gasteiger partial charge in [-0.2, -0.15) is 11.8 Å². The van der Waals surface area contributed by atoms with E-state index < -0.39 is 0 Å². The molecule has 0 unspecified atom stereocenters. The summed E-state index contributed by atoms with van der Waals surface area (Å²) >= 11 is 2.00. The first-order valence-corrected chi connectivity index (χ1v) is 8.14. The van der Waals surface area contributed by atoms with Gasteiger partial charge in [0.2, 0.25) is 5.91 Å². The Labute approximate surface area is 115 Å². The second kappa shape index (κ2) is 8.05. The van der Waals surface area contributed by atoms with Gasteiger partial charge in [0.05, 0.1) is 0 Å². The number of hydrogen-bond acceptors (Lipinski definition) is 3. The second-order valence-electron chi connectivity index (χ2n) is 6.03. The van der Waals surface area contributed by atoms with Crippen LogP contribution in [0.2, 0.25) is 0 Å². The van der Waals surface area contributed by atoms with Crippen LogP contribution in [0.3, 0.4) is 0 Å². The molecule has 0 spiro atoms. The van der Waals surface area contributed by atoms with Crippen molar-refractivity contribution in [1.29, 1.82) is 0 Å². The van der Waals surface area contributed by atoms with Gasteiger partial charge < -0.3 is 10.4 Å². The number of rotatable bonds is 7. The number of nitrogens with one attached hydrogen (secondary N) is 1. The molecule has 0 saturated carbocycles. The zero-order valence-electron chi connectivity index (χ0n) is 11.7. The van der Waals surface area contributed by atoms with Gasteiger partial charge in [0.25, 0.3) is 0 Å². The second-order valence-corrected chi connectivity index (χ2v) is 7.25. The van der Waals surface area contributed by atoms with E-state index in [4.69, 9.17) is 5.11 Å². The van der Waals surface area contributed by atoms with Gasteiger partial charge in [0.15, 0.2) is 0 Å². The lowest BCUT2D eigenvalue weighted by Gasteiger charge is -2.26. The fourth-order valence-electron chi connectivity index (χ4n) is 2.27. The molecule has 106 valence electrons. The maximum atomic E-state index is 11.9. The molecular weight excluding hydrogens is 246 g/mol. The van der Waals surface area contributed by atoms with Crippen molar-refractivity contribution in [3.63, 3.8) is 0 Å². The van der Waals surface area contributed by atoms with Gasteiger partial charge in [-0.1, -0.05) is 13.8 Å². The number of thioether (sulfide) groups is 1. The van der Waals surface area contributed by atoms with Crippen molar-refractivity contribution in [1.82, 2.24) is 5.32 Å². The van der Waals surface area contributed by atoms with Crippen molar-refractivity contribution in [3.8, 4) is 0 Å². The molecule has 1 rings (SSSR count). The van der Waals surface area contributed by atoms with Crippen LogP contribution in [-0.4, -0.2) is 35.7 Å². The van der Waals surface area contributed by atoms with Crippen LogP contribution < -0.4 is 5.32 Å². The maximum Gasteiger partial charge on any atom is 0.220 e. The van der Waals surface area contributed by atoms with Gasteiger partial charge in [0.1, 0.15) is 0 Å². The summed E-state index contributed by atoms with van der Waals surface area (Å²) in [5.74, 6) is 3.20. The molecule has 0 bridgehead atoms. The highest BCUT2D eigenvalue weighted by molar-refractivity contribution is 7.99. The third kappa shape index (κ3) is 6.64. The Morgan fingerprint density at radius 3 is 2.67 bits per heavy atom. The van der Waals surface area contributed by atoms with E-state index in [-0.39, 0.29) is 17.9 Å². The fourth-order valence-corrected chi connectivity index (χ4v) is 3.47. The largest absolute Gasteiger partial charge is 0.396 e. The molecule has 18 heavy (non-hydrogen) atoms. The van der Waals surface area contributed by atoms with E-state index in [9.17, 15) is 4.79 Å². The monoisotopic (exact) mass is 273 g/mol. The number of carbonyl (C=O) groups is 1. The first-order chi connectivity index (χ1) is 8.53. The lowest BCUT2D eigenvalue weighted by molar-refractivity contribution is -0.122. The highest BCUT2D eigenvalue weighted by atomic mass is 32.2. The van der Waals surface area contributed by atoms with Crippen molar-refractivity contribution in [2.24, 2.45) is 11.3 Å². The molecule has 1 aliphatic rings. The highest BCUT2D eigenvalue weighted by Gasteiger charge is 2.21. The van der Waals surface area contributed by atoms with Crippen molar-refractivity contribution in [3.05, 3.63) is 0 Å². The number of aliphatic hydroxyl groups is 1. The number of hydrogen-bond donors (Lipinski definition) is 2. The Bertz CT molecular complexity index is 250. The maximum absolute atomic E-state index is 11.9. The molecule has 0 radical (unpaired) electrons. The van der Waals surface area contributed by atoms with Gasteiger partial charge in [0, 0.05) is 19.6 Å². The third-order valence-corrected chi connectivity index (χ3v) is 4.64. The highest BCUT2D eigenvalue weighted by Crippen LogP contribution is 2.25. The minimum atomic E-state index is 0.0841. The zero-order valence-corrected chi connectivity index (χ0v) is 12.5. The van der Waals surface area contributed by atoms with Crippen molar-refractivity contribution in [2.45, 2.75) is 46.0 Å². The molecule has 1 fully saturated rings. The van der Waals surface area contributed by atoms with E-state index in [0.717, 1.165) is 12.8 Å². The zero-order chi connectivity index (χ0) is 13.4. The molecule has 2 N–H and O–H groups in total. The summed E-state index contributed by atoms with van der Waals surface area (Å²) in [6.45, 7) is 5.23. The SMILES string of the molecule is CC(C)(CCCO)CNC(=O)CC1CCSCC1. The molecule has 0 aliphatic carbocycles. The van der Waals surface area contributed by atoms with Crippen LogP contribution in [-0.2, 0) is 4.79 Å². The predicted octanol–water partition coefficient (Wildman–Crippen LogP) is 2.43. The third-order valence-electron chi connectivity index (χ3n) is 3.59. The minimum Gasteiger partial charge on any atom is -0.396 e. The molecule has 0 aromatic heterocycles. The normalized spacial score (nSPS) is 17.7. The van der Waals surface area contributed by atoms with Crippen LogP contribution >= 0.6 is 11.8 Å². The van der Waals surface area contributed by atoms with Gasteiger partial charge in [-0.15, -0.1) is 0 Å². The van der Waals surface area contributed by atoms with Crippen molar-refractivity contribution in [2.75, 3.05) is 24.7 Å². The van der Waals surface area contributed by atoms with E-state index in [2.05, 4.69) is 19.2 Å². The molecule has 3 nitrogen and oxygen atoms in total. The van der Waals surface area contributed by atoms with Gasteiger partial charge in [-0.05, 0) is 48.5 Å². The molecule has 1 aliphatic heterocycles. The smallest absolute Gasteiger partial charge is 0.220 e. The van der Waals surface area contributed by atoms with Crippen molar-refractivity contribution < 1.29 is 9.90 Å². The average molecular weight is 273 g/mol. The van der Waals surface area contributed by atoms with Crippen LogP contribution in [0.4, 0.5) is 0 Å². The van der Waals surface area contributed by atoms with Crippen LogP contribution in [0.25, 0.3) is 0 Å². The lowest BCUT2D eigenvalue weighted by atomic mass is 9.87. The molecule has 1 amide bonds. The van der Waals surface area contributed by atoms with Gasteiger partial charge in [-0.3, -0.25) is 4.79 Å². The summed E-state index contributed by atoms with van der Waals surface area (Å²) in [4.78, 5) is 11.9. The standard InChI is InChI=1S/C14H27NO2S/c1-14(2,6-3-7-16)11-15-13(17)10-12-4-8-18-9-5-12/h12,16H,3-11H2,1-2H3,(H,15,17). The first kappa shape index (κ1) is 15.8. The predicted molar refractivity (Wildman–Crippen MR) is 77.8 cm³/mol.